The zero-order valence-electron chi connectivity index (χ0n) is 8.96. The Kier molecular flexibility index (Phi) is 2.03. The van der Waals surface area contributed by atoms with Gasteiger partial charge in [-0.05, 0) is 31.3 Å². The van der Waals surface area contributed by atoms with Crippen molar-refractivity contribution in [3.05, 3.63) is 18.0 Å². The van der Waals surface area contributed by atoms with E-state index in [1.165, 1.54) is 5.56 Å². The lowest BCUT2D eigenvalue weighted by atomic mass is 10.3. The van der Waals surface area contributed by atoms with Crippen LogP contribution in [0.4, 0.5) is 0 Å². The quantitative estimate of drug-likeness (QED) is 0.732. The first-order valence-corrected chi connectivity index (χ1v) is 7.33. The third kappa shape index (κ3) is 1.50. The zero-order valence-corrected chi connectivity index (χ0v) is 9.77. The molecule has 2 aromatic heterocycles. The second-order valence-corrected chi connectivity index (χ2v) is 8.26. The predicted octanol–water partition coefficient (Wildman–Crippen LogP) is 2.32. The molecule has 4 heteroatoms. The summed E-state index contributed by atoms with van der Waals surface area (Å²) in [5, 5.41) is 2.09. The molecular formula is C10H15N3S. The molecule has 0 atom stereocenters. The second-order valence-electron chi connectivity index (χ2n) is 4.22. The normalized spacial score (nSPS) is 13.4. The number of nitrogens with one attached hydrogen (secondary N) is 1. The van der Waals surface area contributed by atoms with Crippen LogP contribution in [-0.4, -0.2) is 33.7 Å². The van der Waals surface area contributed by atoms with E-state index in [0.29, 0.717) is 0 Å². The predicted molar refractivity (Wildman–Crippen MR) is 62.3 cm³/mol. The van der Waals surface area contributed by atoms with Crippen LogP contribution in [0.3, 0.4) is 0 Å². The fraction of sp³-hybridized carbons (Fsp3) is 0.400. The van der Waals surface area contributed by atoms with Crippen LogP contribution in [0, 0.1) is 6.92 Å². The van der Waals surface area contributed by atoms with Crippen LogP contribution in [0.15, 0.2) is 17.6 Å². The van der Waals surface area contributed by atoms with Gasteiger partial charge >= 0.3 is 0 Å². The van der Waals surface area contributed by atoms with Crippen LogP contribution >= 0.6 is 10.0 Å². The largest absolute Gasteiger partial charge is 0.346 e. The molecule has 0 aromatic carbocycles. The van der Waals surface area contributed by atoms with E-state index in [4.69, 9.17) is 0 Å². The van der Waals surface area contributed by atoms with E-state index in [0.717, 1.165) is 16.2 Å². The van der Waals surface area contributed by atoms with E-state index in [9.17, 15) is 0 Å². The third-order valence-electron chi connectivity index (χ3n) is 2.16. The minimum Gasteiger partial charge on any atom is -0.346 e. The van der Waals surface area contributed by atoms with Crippen molar-refractivity contribution in [3.63, 3.8) is 0 Å². The topological polar surface area (TPSA) is 41.6 Å². The highest BCUT2D eigenvalue weighted by Gasteiger charge is 2.12. The van der Waals surface area contributed by atoms with Crippen molar-refractivity contribution in [2.24, 2.45) is 0 Å². The van der Waals surface area contributed by atoms with Gasteiger partial charge in [-0.25, -0.2) is 9.97 Å². The number of hydrogen-bond acceptors (Lipinski definition) is 2. The van der Waals surface area contributed by atoms with Crippen molar-refractivity contribution >= 4 is 21.1 Å². The lowest BCUT2D eigenvalue weighted by molar-refractivity contribution is 0.986. The van der Waals surface area contributed by atoms with E-state index in [1.54, 1.807) is 0 Å². The number of rotatable bonds is 1. The Bertz CT molecular complexity index is 468. The van der Waals surface area contributed by atoms with E-state index in [2.05, 4.69) is 40.6 Å². The SMILES string of the molecule is Cc1c[nH]c2nc(S(C)(C)C)ncc12. The van der Waals surface area contributed by atoms with Gasteiger partial charge in [0.25, 0.3) is 0 Å². The molecular weight excluding hydrogens is 194 g/mol. The summed E-state index contributed by atoms with van der Waals surface area (Å²) in [5.74, 6) is 0. The number of aryl methyl sites for hydroxylation is 1. The van der Waals surface area contributed by atoms with Gasteiger partial charge in [0.05, 0.1) is 0 Å². The summed E-state index contributed by atoms with van der Waals surface area (Å²) in [6.45, 7) is 2.06. The van der Waals surface area contributed by atoms with E-state index < -0.39 is 10.0 Å². The summed E-state index contributed by atoms with van der Waals surface area (Å²) >= 11 is 0. The van der Waals surface area contributed by atoms with Gasteiger partial charge in [0.1, 0.15) is 5.65 Å². The van der Waals surface area contributed by atoms with Gasteiger partial charge in [-0.1, -0.05) is 0 Å². The van der Waals surface area contributed by atoms with E-state index >= 15 is 0 Å². The molecule has 0 aliphatic rings. The number of hydrogen-bond donors (Lipinski definition) is 1. The molecule has 2 rings (SSSR count). The zero-order chi connectivity index (χ0) is 10.3. The van der Waals surface area contributed by atoms with Gasteiger partial charge in [0.2, 0.25) is 0 Å². The van der Waals surface area contributed by atoms with Gasteiger partial charge in [0.15, 0.2) is 5.16 Å². The van der Waals surface area contributed by atoms with Crippen LogP contribution in [0.1, 0.15) is 5.56 Å². The molecule has 0 fully saturated rings. The van der Waals surface area contributed by atoms with Crippen molar-refractivity contribution in [3.8, 4) is 0 Å². The van der Waals surface area contributed by atoms with Crippen molar-refractivity contribution in [1.29, 1.82) is 0 Å². The first kappa shape index (κ1) is 9.52. The summed E-state index contributed by atoms with van der Waals surface area (Å²) in [6, 6.07) is 0. The number of aromatic nitrogens is 3. The highest BCUT2D eigenvalue weighted by Crippen LogP contribution is 2.42. The van der Waals surface area contributed by atoms with Crippen LogP contribution < -0.4 is 0 Å². The Labute approximate surface area is 85.3 Å². The first-order chi connectivity index (χ1) is 6.48. The maximum atomic E-state index is 4.54. The van der Waals surface area contributed by atoms with Gasteiger partial charge in [-0.2, -0.15) is 10.0 Å². The summed E-state index contributed by atoms with van der Waals surface area (Å²) in [5.41, 5.74) is 2.16. The average molecular weight is 209 g/mol. The van der Waals surface area contributed by atoms with Crippen LogP contribution in [0.25, 0.3) is 11.0 Å². The highest BCUT2D eigenvalue weighted by atomic mass is 32.3. The smallest absolute Gasteiger partial charge is 0.171 e. The fourth-order valence-corrected chi connectivity index (χ4v) is 2.05. The number of aromatic amines is 1. The van der Waals surface area contributed by atoms with Gasteiger partial charge < -0.3 is 4.98 Å². The molecule has 76 valence electrons. The van der Waals surface area contributed by atoms with Crippen molar-refractivity contribution in [1.82, 2.24) is 15.0 Å². The second kappa shape index (κ2) is 2.98. The summed E-state index contributed by atoms with van der Waals surface area (Å²) in [4.78, 5) is 12.1. The molecule has 2 aromatic rings. The third-order valence-corrected chi connectivity index (χ3v) is 3.46. The van der Waals surface area contributed by atoms with Crippen molar-refractivity contribution in [2.75, 3.05) is 18.8 Å². The standard InChI is InChI=1S/C10H15N3S/c1-7-5-11-9-8(7)6-12-10(13-9)14(2,3)4/h5-6H,1-4H3,(H,11,12,13). The number of H-pyrrole nitrogens is 1. The molecule has 2 heterocycles. The lowest BCUT2D eigenvalue weighted by Crippen LogP contribution is -1.99. The van der Waals surface area contributed by atoms with Gasteiger partial charge in [0, 0.05) is 17.8 Å². The summed E-state index contributed by atoms with van der Waals surface area (Å²) in [7, 11) is -0.827. The van der Waals surface area contributed by atoms with Crippen LogP contribution in [-0.2, 0) is 0 Å². The molecule has 0 aliphatic carbocycles. The Morgan fingerprint density at radius 2 is 2.00 bits per heavy atom. The maximum absolute atomic E-state index is 4.54. The number of fused-ring (bicyclic) bond motifs is 1. The van der Waals surface area contributed by atoms with E-state index in [1.807, 2.05) is 12.4 Å². The Hall–Kier alpha value is -1.03. The molecule has 14 heavy (non-hydrogen) atoms. The summed E-state index contributed by atoms with van der Waals surface area (Å²) < 4.78 is 0. The van der Waals surface area contributed by atoms with Crippen molar-refractivity contribution in [2.45, 2.75) is 12.1 Å². The monoisotopic (exact) mass is 209 g/mol. The molecule has 0 unspecified atom stereocenters. The maximum Gasteiger partial charge on any atom is 0.171 e. The van der Waals surface area contributed by atoms with Crippen LogP contribution in [0.5, 0.6) is 0 Å². The van der Waals surface area contributed by atoms with Crippen molar-refractivity contribution < 1.29 is 0 Å². The molecule has 0 saturated carbocycles. The first-order valence-electron chi connectivity index (χ1n) is 4.47. The Morgan fingerprint density at radius 1 is 1.29 bits per heavy atom. The lowest BCUT2D eigenvalue weighted by Gasteiger charge is -2.22. The molecule has 0 amide bonds. The highest BCUT2D eigenvalue weighted by molar-refractivity contribution is 8.32. The minimum absolute atomic E-state index is 0.827. The summed E-state index contributed by atoms with van der Waals surface area (Å²) in [6.07, 6.45) is 10.5. The Balaban J connectivity index is 2.63. The molecule has 0 spiro atoms. The molecule has 0 aliphatic heterocycles. The molecule has 0 saturated heterocycles. The average Bonchev–Trinajstić information content (AvgIpc) is 2.46. The number of nitrogens with zero attached hydrogens (tertiary/aromatic N) is 2. The minimum atomic E-state index is -0.827. The Morgan fingerprint density at radius 3 is 2.64 bits per heavy atom. The van der Waals surface area contributed by atoms with Crippen LogP contribution in [0.2, 0.25) is 0 Å². The van der Waals surface area contributed by atoms with E-state index in [-0.39, 0.29) is 0 Å². The molecule has 3 nitrogen and oxygen atoms in total. The molecule has 0 radical (unpaired) electrons. The fourth-order valence-electron chi connectivity index (χ4n) is 1.31. The van der Waals surface area contributed by atoms with Gasteiger partial charge in [-0.15, -0.1) is 0 Å². The molecule has 1 N–H and O–H groups in total. The van der Waals surface area contributed by atoms with Gasteiger partial charge in [-0.3, -0.25) is 0 Å². The molecule has 0 bridgehead atoms.